The smallest absolute Gasteiger partial charge is 0.249 e. The summed E-state index contributed by atoms with van der Waals surface area (Å²) in [7, 11) is 0. The average Bonchev–Trinajstić information content (AvgIpc) is 3.00. The normalized spacial score (nSPS) is 25.4. The Morgan fingerprint density at radius 3 is 2.65 bits per heavy atom. The molecule has 1 aliphatic heterocycles. The summed E-state index contributed by atoms with van der Waals surface area (Å²) in [6.45, 7) is 4.66. The quantitative estimate of drug-likeness (QED) is 0.495. The minimum Gasteiger partial charge on any atom is -0.394 e. The molecule has 1 N–H and O–H groups in total. The first-order chi connectivity index (χ1) is 11.1. The number of allylic oxidation sites excluding steroid dienone is 3. The van der Waals surface area contributed by atoms with E-state index < -0.39 is 23.4 Å². The average molecular weight is 317 g/mol. The van der Waals surface area contributed by atoms with Crippen LogP contribution in [0, 0.1) is 10.1 Å². The van der Waals surface area contributed by atoms with Crippen LogP contribution in [0.25, 0.3) is 0 Å². The fourth-order valence-corrected chi connectivity index (χ4v) is 2.36. The highest BCUT2D eigenvalue weighted by atomic mass is 16.7. The van der Waals surface area contributed by atoms with E-state index in [1.807, 2.05) is 30.3 Å². The molecule has 1 aliphatic rings. The molecule has 122 valence electrons. The molecule has 1 saturated heterocycles. The largest absolute Gasteiger partial charge is 0.394 e. The third-order valence-electron chi connectivity index (χ3n) is 3.57. The summed E-state index contributed by atoms with van der Waals surface area (Å²) in [5.74, 6) is 0. The third-order valence-corrected chi connectivity index (χ3v) is 3.57. The van der Waals surface area contributed by atoms with Crippen molar-refractivity contribution in [1.82, 2.24) is 0 Å². The molecule has 1 aromatic rings. The van der Waals surface area contributed by atoms with Crippen LogP contribution in [0.15, 0.2) is 66.4 Å². The highest BCUT2D eigenvalue weighted by Crippen LogP contribution is 2.35. The van der Waals surface area contributed by atoms with Gasteiger partial charge in [-0.25, -0.2) is 0 Å². The van der Waals surface area contributed by atoms with Crippen LogP contribution in [0.1, 0.15) is 18.8 Å². The number of rotatable bonds is 6. The van der Waals surface area contributed by atoms with E-state index in [0.717, 1.165) is 5.56 Å². The standard InChI is InChI=1S/C17H19NO5/c1-3-4-10-14(12(2)18(20)21)16-15(11-19)22-17(23-16)13-8-6-5-7-9-13/h3-10,15-17,19H,1,11H2,2H3/b10-4-,14-12-. The Labute approximate surface area is 134 Å². The first-order valence-electron chi connectivity index (χ1n) is 7.19. The number of benzene rings is 1. The van der Waals surface area contributed by atoms with E-state index in [0.29, 0.717) is 5.57 Å². The Morgan fingerprint density at radius 2 is 2.09 bits per heavy atom. The molecule has 0 bridgehead atoms. The van der Waals surface area contributed by atoms with Crippen LogP contribution in [-0.2, 0) is 9.47 Å². The van der Waals surface area contributed by atoms with Crippen LogP contribution in [0.2, 0.25) is 0 Å². The van der Waals surface area contributed by atoms with Crippen molar-refractivity contribution < 1.29 is 19.5 Å². The molecule has 1 fully saturated rings. The summed E-state index contributed by atoms with van der Waals surface area (Å²) in [6, 6.07) is 9.24. The zero-order valence-corrected chi connectivity index (χ0v) is 12.8. The van der Waals surface area contributed by atoms with Gasteiger partial charge in [-0.2, -0.15) is 0 Å². The van der Waals surface area contributed by atoms with Crippen LogP contribution in [0.4, 0.5) is 0 Å². The minimum atomic E-state index is -0.730. The first-order valence-corrected chi connectivity index (χ1v) is 7.19. The second-order valence-electron chi connectivity index (χ2n) is 5.05. The van der Waals surface area contributed by atoms with Crippen LogP contribution < -0.4 is 0 Å². The van der Waals surface area contributed by atoms with Crippen molar-refractivity contribution in [2.45, 2.75) is 25.4 Å². The lowest BCUT2D eigenvalue weighted by molar-refractivity contribution is -0.425. The molecule has 6 nitrogen and oxygen atoms in total. The number of hydrogen-bond acceptors (Lipinski definition) is 5. The van der Waals surface area contributed by atoms with Crippen molar-refractivity contribution in [2.24, 2.45) is 0 Å². The molecule has 1 heterocycles. The molecule has 23 heavy (non-hydrogen) atoms. The van der Waals surface area contributed by atoms with Gasteiger partial charge in [0.25, 0.3) is 0 Å². The van der Waals surface area contributed by atoms with Gasteiger partial charge in [0.15, 0.2) is 6.29 Å². The number of ether oxygens (including phenoxy) is 2. The predicted octanol–water partition coefficient (Wildman–Crippen LogP) is 2.75. The summed E-state index contributed by atoms with van der Waals surface area (Å²) in [5, 5.41) is 20.7. The van der Waals surface area contributed by atoms with Gasteiger partial charge < -0.3 is 14.6 Å². The first kappa shape index (κ1) is 17.1. The SMILES string of the molecule is C=C/C=C\C(=C(/C)[N+](=O)[O-])C1OC(c2ccccc2)OC1CO. The Kier molecular flexibility index (Phi) is 5.81. The van der Waals surface area contributed by atoms with Crippen LogP contribution >= 0.6 is 0 Å². The van der Waals surface area contributed by atoms with Gasteiger partial charge in [0, 0.05) is 12.5 Å². The second kappa shape index (κ2) is 7.82. The minimum absolute atomic E-state index is 0.0520. The van der Waals surface area contributed by atoms with E-state index in [4.69, 9.17) is 9.47 Å². The van der Waals surface area contributed by atoms with Gasteiger partial charge in [-0.3, -0.25) is 10.1 Å². The molecule has 0 radical (unpaired) electrons. The van der Waals surface area contributed by atoms with Crippen molar-refractivity contribution in [3.8, 4) is 0 Å². The van der Waals surface area contributed by atoms with Crippen LogP contribution in [-0.4, -0.2) is 28.8 Å². The molecule has 0 saturated carbocycles. The Bertz CT molecular complexity index is 623. The monoisotopic (exact) mass is 317 g/mol. The van der Waals surface area contributed by atoms with Gasteiger partial charge in [-0.1, -0.05) is 49.1 Å². The topological polar surface area (TPSA) is 81.8 Å². The van der Waals surface area contributed by atoms with E-state index in [2.05, 4.69) is 6.58 Å². The van der Waals surface area contributed by atoms with Crippen molar-refractivity contribution >= 4 is 0 Å². The summed E-state index contributed by atoms with van der Waals surface area (Å²) < 4.78 is 11.6. The van der Waals surface area contributed by atoms with Gasteiger partial charge in [-0.15, -0.1) is 0 Å². The maximum absolute atomic E-state index is 11.1. The van der Waals surface area contributed by atoms with E-state index >= 15 is 0 Å². The van der Waals surface area contributed by atoms with Crippen molar-refractivity contribution in [2.75, 3.05) is 6.61 Å². The zero-order chi connectivity index (χ0) is 16.8. The molecule has 0 spiro atoms. The van der Waals surface area contributed by atoms with E-state index in [1.165, 1.54) is 13.0 Å². The molecule has 1 aromatic carbocycles. The molecule has 0 aliphatic carbocycles. The number of nitrogens with zero attached hydrogens (tertiary/aromatic N) is 1. The summed E-state index contributed by atoms with van der Waals surface area (Å²) >= 11 is 0. The predicted molar refractivity (Wildman–Crippen MR) is 85.0 cm³/mol. The fourth-order valence-electron chi connectivity index (χ4n) is 2.36. The number of aliphatic hydroxyl groups excluding tert-OH is 1. The molecule has 2 rings (SSSR count). The van der Waals surface area contributed by atoms with Gasteiger partial charge in [-0.05, 0) is 6.08 Å². The van der Waals surface area contributed by atoms with Crippen molar-refractivity contribution in [3.05, 3.63) is 82.1 Å². The van der Waals surface area contributed by atoms with Gasteiger partial charge in [0.05, 0.1) is 17.1 Å². The lowest BCUT2D eigenvalue weighted by atomic mass is 10.0. The maximum atomic E-state index is 11.1. The lowest BCUT2D eigenvalue weighted by Crippen LogP contribution is -2.29. The molecular weight excluding hydrogens is 298 g/mol. The van der Waals surface area contributed by atoms with Gasteiger partial charge in [0.2, 0.25) is 5.70 Å². The summed E-state index contributed by atoms with van der Waals surface area (Å²) in [6.07, 6.45) is 2.59. The zero-order valence-electron chi connectivity index (χ0n) is 12.8. The highest BCUT2D eigenvalue weighted by Gasteiger charge is 2.40. The van der Waals surface area contributed by atoms with Crippen LogP contribution in [0.3, 0.4) is 0 Å². The van der Waals surface area contributed by atoms with E-state index in [-0.39, 0.29) is 12.3 Å². The van der Waals surface area contributed by atoms with Crippen molar-refractivity contribution in [3.63, 3.8) is 0 Å². The number of aliphatic hydroxyl groups is 1. The Hall–Kier alpha value is -2.28. The second-order valence-corrected chi connectivity index (χ2v) is 5.05. The molecular formula is C17H19NO5. The third kappa shape index (κ3) is 3.92. The lowest BCUT2D eigenvalue weighted by Gasteiger charge is -2.15. The van der Waals surface area contributed by atoms with Crippen molar-refractivity contribution in [1.29, 1.82) is 0 Å². The molecule has 3 unspecified atom stereocenters. The van der Waals surface area contributed by atoms with Gasteiger partial charge >= 0.3 is 0 Å². The Morgan fingerprint density at radius 1 is 1.39 bits per heavy atom. The van der Waals surface area contributed by atoms with E-state index in [1.54, 1.807) is 12.2 Å². The maximum Gasteiger partial charge on any atom is 0.249 e. The van der Waals surface area contributed by atoms with Crippen LogP contribution in [0.5, 0.6) is 0 Å². The molecule has 0 amide bonds. The fraction of sp³-hybridized carbons (Fsp3) is 0.294. The molecule has 0 aromatic heterocycles. The highest BCUT2D eigenvalue weighted by molar-refractivity contribution is 5.30. The number of hydrogen-bond donors (Lipinski definition) is 1. The molecule has 6 heteroatoms. The molecule has 3 atom stereocenters. The van der Waals surface area contributed by atoms with Gasteiger partial charge in [0.1, 0.15) is 12.2 Å². The summed E-state index contributed by atoms with van der Waals surface area (Å²) in [5.41, 5.74) is 1.09. The number of nitro groups is 1. The summed E-state index contributed by atoms with van der Waals surface area (Å²) in [4.78, 5) is 10.7. The Balaban J connectivity index is 2.34. The van der Waals surface area contributed by atoms with E-state index in [9.17, 15) is 15.2 Å².